The standard InChI is InChI=1S/C9H16N2O3S2/c1-2-8-4-5-9(15-8)16(12,13)11-6-3-7-14-10/h4-5,11H,2-3,6-7,10H2,1H3. The lowest BCUT2D eigenvalue weighted by molar-refractivity contribution is 0.136. The zero-order valence-corrected chi connectivity index (χ0v) is 10.7. The van der Waals surface area contributed by atoms with Gasteiger partial charge in [-0.2, -0.15) is 0 Å². The first-order chi connectivity index (χ1) is 7.60. The number of hydrogen-bond acceptors (Lipinski definition) is 5. The van der Waals surface area contributed by atoms with Crippen molar-refractivity contribution < 1.29 is 13.3 Å². The number of rotatable bonds is 7. The topological polar surface area (TPSA) is 81.4 Å². The van der Waals surface area contributed by atoms with Gasteiger partial charge in [0.2, 0.25) is 10.0 Å². The summed E-state index contributed by atoms with van der Waals surface area (Å²) in [5.41, 5.74) is 0. The maximum absolute atomic E-state index is 11.8. The van der Waals surface area contributed by atoms with E-state index in [1.54, 1.807) is 6.07 Å². The third-order valence-corrected chi connectivity index (χ3v) is 5.16. The largest absolute Gasteiger partial charge is 0.305 e. The molecule has 0 amide bonds. The third-order valence-electron chi connectivity index (χ3n) is 1.98. The first-order valence-corrected chi connectivity index (χ1v) is 7.30. The second kappa shape index (κ2) is 6.31. The molecular weight excluding hydrogens is 248 g/mol. The highest BCUT2D eigenvalue weighted by Crippen LogP contribution is 2.21. The molecule has 92 valence electrons. The molecule has 0 atom stereocenters. The quantitative estimate of drug-likeness (QED) is 0.565. The van der Waals surface area contributed by atoms with Crippen molar-refractivity contribution >= 4 is 21.4 Å². The van der Waals surface area contributed by atoms with Crippen molar-refractivity contribution in [3.05, 3.63) is 17.0 Å². The summed E-state index contributed by atoms with van der Waals surface area (Å²) in [5.74, 6) is 4.84. The summed E-state index contributed by atoms with van der Waals surface area (Å²) in [6, 6.07) is 3.47. The Morgan fingerprint density at radius 2 is 2.25 bits per heavy atom. The molecule has 0 aliphatic heterocycles. The third kappa shape index (κ3) is 3.84. The highest BCUT2D eigenvalue weighted by atomic mass is 32.2. The Labute approximate surface area is 99.6 Å². The molecule has 0 spiro atoms. The van der Waals surface area contributed by atoms with Gasteiger partial charge in [-0.25, -0.2) is 19.0 Å². The summed E-state index contributed by atoms with van der Waals surface area (Å²) in [6.45, 7) is 2.67. The van der Waals surface area contributed by atoms with E-state index in [9.17, 15) is 8.42 Å². The van der Waals surface area contributed by atoms with Crippen LogP contribution in [0, 0.1) is 0 Å². The summed E-state index contributed by atoms with van der Waals surface area (Å²) in [6.07, 6.45) is 1.41. The molecule has 1 rings (SSSR count). The molecule has 1 aromatic heterocycles. The van der Waals surface area contributed by atoms with Gasteiger partial charge in [-0.3, -0.25) is 0 Å². The average Bonchev–Trinajstić information content (AvgIpc) is 2.73. The summed E-state index contributed by atoms with van der Waals surface area (Å²) < 4.78 is 26.4. The van der Waals surface area contributed by atoms with Crippen molar-refractivity contribution in [3.63, 3.8) is 0 Å². The van der Waals surface area contributed by atoms with Gasteiger partial charge in [0.15, 0.2) is 0 Å². The van der Waals surface area contributed by atoms with E-state index >= 15 is 0 Å². The minimum atomic E-state index is -3.36. The molecule has 7 heteroatoms. The van der Waals surface area contributed by atoms with Gasteiger partial charge < -0.3 is 4.84 Å². The van der Waals surface area contributed by atoms with Crippen molar-refractivity contribution in [1.29, 1.82) is 0 Å². The fraction of sp³-hybridized carbons (Fsp3) is 0.556. The van der Waals surface area contributed by atoms with E-state index in [0.717, 1.165) is 11.3 Å². The minimum Gasteiger partial charge on any atom is -0.305 e. The van der Waals surface area contributed by atoms with Crippen LogP contribution >= 0.6 is 11.3 Å². The van der Waals surface area contributed by atoms with Gasteiger partial charge in [0, 0.05) is 11.4 Å². The average molecular weight is 264 g/mol. The number of aryl methyl sites for hydroxylation is 1. The zero-order valence-electron chi connectivity index (χ0n) is 9.10. The molecular formula is C9H16N2O3S2. The van der Waals surface area contributed by atoms with Crippen LogP contribution in [0.1, 0.15) is 18.2 Å². The Balaban J connectivity index is 2.56. The Morgan fingerprint density at radius 3 is 2.81 bits per heavy atom. The monoisotopic (exact) mass is 264 g/mol. The van der Waals surface area contributed by atoms with Gasteiger partial charge in [-0.15, -0.1) is 11.3 Å². The molecule has 0 aliphatic rings. The van der Waals surface area contributed by atoms with Crippen molar-refractivity contribution in [2.45, 2.75) is 24.0 Å². The van der Waals surface area contributed by atoms with Crippen LogP contribution < -0.4 is 10.6 Å². The van der Waals surface area contributed by atoms with E-state index in [4.69, 9.17) is 5.90 Å². The van der Waals surface area contributed by atoms with E-state index < -0.39 is 10.0 Å². The molecule has 0 radical (unpaired) electrons. The van der Waals surface area contributed by atoms with E-state index in [2.05, 4.69) is 9.56 Å². The Kier molecular flexibility index (Phi) is 5.36. The molecule has 5 nitrogen and oxygen atoms in total. The van der Waals surface area contributed by atoms with Crippen LogP contribution in [0.15, 0.2) is 16.3 Å². The van der Waals surface area contributed by atoms with Crippen molar-refractivity contribution in [1.82, 2.24) is 4.72 Å². The predicted molar refractivity (Wildman–Crippen MR) is 63.6 cm³/mol. The molecule has 16 heavy (non-hydrogen) atoms. The van der Waals surface area contributed by atoms with Gasteiger partial charge >= 0.3 is 0 Å². The lowest BCUT2D eigenvalue weighted by Gasteiger charge is -2.03. The Hall–Kier alpha value is -0.470. The van der Waals surface area contributed by atoms with Crippen LogP contribution in [0.4, 0.5) is 0 Å². The minimum absolute atomic E-state index is 0.332. The lowest BCUT2D eigenvalue weighted by atomic mass is 10.4. The molecule has 0 fully saturated rings. The second-order valence-corrected chi connectivity index (χ2v) is 6.36. The zero-order chi connectivity index (χ0) is 12.0. The van der Waals surface area contributed by atoms with E-state index in [-0.39, 0.29) is 0 Å². The molecule has 0 bridgehead atoms. The summed E-state index contributed by atoms with van der Waals surface area (Å²) in [5, 5.41) is 0. The number of thiophene rings is 1. The van der Waals surface area contributed by atoms with Gasteiger partial charge in [0.05, 0.1) is 6.61 Å². The van der Waals surface area contributed by atoms with Gasteiger partial charge in [-0.1, -0.05) is 6.92 Å². The molecule has 0 aromatic carbocycles. The maximum atomic E-state index is 11.8. The Morgan fingerprint density at radius 1 is 1.50 bits per heavy atom. The van der Waals surface area contributed by atoms with E-state index in [1.807, 2.05) is 13.0 Å². The highest BCUT2D eigenvalue weighted by molar-refractivity contribution is 7.91. The molecule has 1 aromatic rings. The normalized spacial score (nSPS) is 11.9. The van der Waals surface area contributed by atoms with Crippen molar-refractivity contribution in [2.75, 3.05) is 13.2 Å². The number of nitrogens with two attached hydrogens (primary N) is 1. The molecule has 0 saturated heterocycles. The molecule has 3 N–H and O–H groups in total. The predicted octanol–water partition coefficient (Wildman–Crippen LogP) is 0.869. The molecule has 0 aliphatic carbocycles. The highest BCUT2D eigenvalue weighted by Gasteiger charge is 2.15. The van der Waals surface area contributed by atoms with Crippen LogP contribution in [-0.2, 0) is 21.3 Å². The summed E-state index contributed by atoms with van der Waals surface area (Å²) >= 11 is 1.30. The number of sulfonamides is 1. The van der Waals surface area contributed by atoms with Crippen LogP contribution in [0.3, 0.4) is 0 Å². The maximum Gasteiger partial charge on any atom is 0.250 e. The van der Waals surface area contributed by atoms with E-state index in [1.165, 1.54) is 11.3 Å². The SMILES string of the molecule is CCc1ccc(S(=O)(=O)NCCCON)s1. The van der Waals surface area contributed by atoms with Crippen LogP contribution in [0.25, 0.3) is 0 Å². The Bertz CT molecular complexity index is 414. The van der Waals surface area contributed by atoms with E-state index in [0.29, 0.717) is 23.8 Å². The fourth-order valence-electron chi connectivity index (χ4n) is 1.13. The van der Waals surface area contributed by atoms with Gasteiger partial charge in [0.25, 0.3) is 0 Å². The molecule has 1 heterocycles. The van der Waals surface area contributed by atoms with Crippen molar-refractivity contribution in [2.24, 2.45) is 5.90 Å². The first kappa shape index (κ1) is 13.6. The molecule has 0 unspecified atom stereocenters. The van der Waals surface area contributed by atoms with Crippen LogP contribution in [-0.4, -0.2) is 21.6 Å². The first-order valence-electron chi connectivity index (χ1n) is 5.00. The van der Waals surface area contributed by atoms with Gasteiger partial charge in [0.1, 0.15) is 4.21 Å². The second-order valence-electron chi connectivity index (χ2n) is 3.20. The smallest absolute Gasteiger partial charge is 0.250 e. The van der Waals surface area contributed by atoms with Gasteiger partial charge in [-0.05, 0) is 25.0 Å². The molecule has 0 saturated carbocycles. The van der Waals surface area contributed by atoms with Crippen LogP contribution in [0.2, 0.25) is 0 Å². The number of nitrogens with one attached hydrogen (secondary N) is 1. The fourth-order valence-corrected chi connectivity index (χ4v) is 3.54. The summed E-state index contributed by atoms with van der Waals surface area (Å²) in [4.78, 5) is 5.41. The van der Waals surface area contributed by atoms with Crippen LogP contribution in [0.5, 0.6) is 0 Å². The summed E-state index contributed by atoms with van der Waals surface area (Å²) in [7, 11) is -3.36. The lowest BCUT2D eigenvalue weighted by Crippen LogP contribution is -2.25. The van der Waals surface area contributed by atoms with Crippen molar-refractivity contribution in [3.8, 4) is 0 Å². The number of hydrogen-bond donors (Lipinski definition) is 2.